The topological polar surface area (TPSA) is 54.2 Å². The number of halogens is 4. The molecule has 0 fully saturated rings. The van der Waals surface area contributed by atoms with Crippen LogP contribution >= 0.6 is 35.2 Å². The van der Waals surface area contributed by atoms with Crippen molar-refractivity contribution in [2.24, 2.45) is 5.10 Å². The summed E-state index contributed by atoms with van der Waals surface area (Å²) in [5, 5.41) is 13.5. The van der Waals surface area contributed by atoms with Crippen LogP contribution in [0.15, 0.2) is 77.3 Å². The number of alkyl halides is 3. The lowest BCUT2D eigenvalue weighted by atomic mass is 10.2. The molecule has 11 heteroatoms. The minimum absolute atomic E-state index is 0.0133. The molecule has 33 heavy (non-hydrogen) atoms. The van der Waals surface area contributed by atoms with E-state index in [1.54, 1.807) is 22.2 Å². The molecular formula is C22H15ClF3N5S2. The third kappa shape index (κ3) is 5.59. The average molecular weight is 506 g/mol. The van der Waals surface area contributed by atoms with Crippen LogP contribution in [-0.2, 0) is 6.18 Å². The van der Waals surface area contributed by atoms with E-state index in [2.05, 4.69) is 20.9 Å². The minimum atomic E-state index is -4.49. The van der Waals surface area contributed by atoms with E-state index in [0.29, 0.717) is 0 Å². The van der Waals surface area contributed by atoms with Crippen LogP contribution in [0.25, 0.3) is 16.3 Å². The lowest BCUT2D eigenvalue weighted by molar-refractivity contribution is -0.137. The number of hydrazone groups is 1. The van der Waals surface area contributed by atoms with Crippen LogP contribution < -0.4 is 10.7 Å². The van der Waals surface area contributed by atoms with E-state index in [0.717, 1.165) is 40.0 Å². The molecule has 2 heterocycles. The van der Waals surface area contributed by atoms with Gasteiger partial charge in [0, 0.05) is 11.8 Å². The Balaban J connectivity index is 1.52. The van der Waals surface area contributed by atoms with Gasteiger partial charge in [-0.3, -0.25) is 5.43 Å². The highest BCUT2D eigenvalue weighted by molar-refractivity contribution is 7.80. The van der Waals surface area contributed by atoms with Crippen LogP contribution in [0.3, 0.4) is 0 Å². The molecule has 4 aromatic rings. The molecule has 0 aliphatic heterocycles. The molecule has 0 radical (unpaired) electrons. The maximum Gasteiger partial charge on any atom is 0.416 e. The Morgan fingerprint density at radius 3 is 2.61 bits per heavy atom. The first-order valence-corrected chi connectivity index (χ1v) is 11.1. The average Bonchev–Trinajstić information content (AvgIpc) is 3.45. The summed E-state index contributed by atoms with van der Waals surface area (Å²) in [6.07, 6.45) is -1.12. The minimum Gasteiger partial charge on any atom is -0.330 e. The maximum absolute atomic E-state index is 13.0. The van der Waals surface area contributed by atoms with Crippen LogP contribution in [0, 0.1) is 0 Å². The number of hydrogen-bond acceptors (Lipinski definition) is 4. The van der Waals surface area contributed by atoms with E-state index in [4.69, 9.17) is 23.8 Å². The van der Waals surface area contributed by atoms with Crippen molar-refractivity contribution in [1.82, 2.24) is 15.2 Å². The van der Waals surface area contributed by atoms with E-state index in [1.165, 1.54) is 0 Å². The first-order chi connectivity index (χ1) is 15.8. The highest BCUT2D eigenvalue weighted by Gasteiger charge is 2.31. The Bertz CT molecular complexity index is 1290. The summed E-state index contributed by atoms with van der Waals surface area (Å²) in [6.45, 7) is 0. The zero-order valence-corrected chi connectivity index (χ0v) is 19.1. The van der Waals surface area contributed by atoms with Gasteiger partial charge in [-0.2, -0.15) is 23.4 Å². The van der Waals surface area contributed by atoms with Crippen molar-refractivity contribution < 1.29 is 13.2 Å². The second-order valence-electron chi connectivity index (χ2n) is 6.71. The lowest BCUT2D eigenvalue weighted by Crippen LogP contribution is -2.24. The molecule has 0 saturated carbocycles. The van der Waals surface area contributed by atoms with Crippen LogP contribution in [0.5, 0.6) is 0 Å². The Morgan fingerprint density at radius 2 is 1.91 bits per heavy atom. The van der Waals surface area contributed by atoms with Crippen molar-refractivity contribution in [3.63, 3.8) is 0 Å². The van der Waals surface area contributed by atoms with Gasteiger partial charge in [-0.15, -0.1) is 11.3 Å². The number of aromatic nitrogens is 2. The number of thiocarbonyl (C=S) groups is 1. The highest BCUT2D eigenvalue weighted by Crippen LogP contribution is 2.33. The van der Waals surface area contributed by atoms with Crippen LogP contribution in [0.2, 0.25) is 5.02 Å². The van der Waals surface area contributed by atoms with Crippen LogP contribution in [-0.4, -0.2) is 21.1 Å². The largest absolute Gasteiger partial charge is 0.416 e. The molecular weight excluding hydrogens is 491 g/mol. The molecule has 0 spiro atoms. The molecule has 4 rings (SSSR count). The Morgan fingerprint density at radius 1 is 1.12 bits per heavy atom. The quantitative estimate of drug-likeness (QED) is 0.182. The summed E-state index contributed by atoms with van der Waals surface area (Å²) in [6, 6.07) is 16.4. The summed E-state index contributed by atoms with van der Waals surface area (Å²) in [4.78, 5) is 0.961. The second kappa shape index (κ2) is 9.74. The van der Waals surface area contributed by atoms with E-state index < -0.39 is 11.7 Å². The van der Waals surface area contributed by atoms with Crippen molar-refractivity contribution >= 4 is 52.2 Å². The van der Waals surface area contributed by atoms with Gasteiger partial charge in [0.1, 0.15) is 5.69 Å². The predicted octanol–water partition coefficient (Wildman–Crippen LogP) is 6.59. The van der Waals surface area contributed by atoms with Crippen molar-refractivity contribution in [3.05, 3.63) is 88.4 Å². The van der Waals surface area contributed by atoms with Gasteiger partial charge in [-0.05, 0) is 54.0 Å². The number of para-hydroxylation sites is 1. The molecule has 0 amide bonds. The first kappa shape index (κ1) is 23.0. The zero-order valence-electron chi connectivity index (χ0n) is 16.7. The number of hydrogen-bond donors (Lipinski definition) is 2. The number of thiophene rings is 1. The fourth-order valence-electron chi connectivity index (χ4n) is 2.91. The number of anilines is 1. The number of nitrogens with one attached hydrogen (secondary N) is 2. The van der Waals surface area contributed by atoms with Crippen molar-refractivity contribution in [1.29, 1.82) is 0 Å². The monoisotopic (exact) mass is 505 g/mol. The maximum atomic E-state index is 13.0. The molecule has 2 aromatic carbocycles. The number of benzene rings is 2. The summed E-state index contributed by atoms with van der Waals surface area (Å²) in [7, 11) is 0. The first-order valence-electron chi connectivity index (χ1n) is 9.47. The molecule has 168 valence electrons. The van der Waals surface area contributed by atoms with Gasteiger partial charge in [0.25, 0.3) is 0 Å². The molecule has 2 N–H and O–H groups in total. The fraction of sp³-hybridized carbons (Fsp3) is 0.0455. The molecule has 0 aliphatic rings. The van der Waals surface area contributed by atoms with Crippen molar-refractivity contribution in [2.45, 2.75) is 6.18 Å². The van der Waals surface area contributed by atoms with Gasteiger partial charge in [0.15, 0.2) is 5.11 Å². The van der Waals surface area contributed by atoms with E-state index in [-0.39, 0.29) is 15.8 Å². The third-order valence-electron chi connectivity index (χ3n) is 4.43. The van der Waals surface area contributed by atoms with Gasteiger partial charge in [-0.25, -0.2) is 4.68 Å². The third-order valence-corrected chi connectivity index (χ3v) is 5.83. The van der Waals surface area contributed by atoms with Gasteiger partial charge in [-0.1, -0.05) is 35.9 Å². The molecule has 2 aromatic heterocycles. The fourth-order valence-corrected chi connectivity index (χ4v) is 3.97. The van der Waals surface area contributed by atoms with Crippen molar-refractivity contribution in [2.75, 3.05) is 5.32 Å². The Hall–Kier alpha value is -3.21. The van der Waals surface area contributed by atoms with Gasteiger partial charge >= 0.3 is 6.18 Å². The SMILES string of the molecule is FC(F)(F)c1ccc(Cl)c(NC(=S)N/N=C\c2cn(-c3ccccc3)nc2-c2cccs2)c1. The Kier molecular flexibility index (Phi) is 6.77. The zero-order chi connectivity index (χ0) is 23.4. The summed E-state index contributed by atoms with van der Waals surface area (Å²) < 4.78 is 40.6. The van der Waals surface area contributed by atoms with E-state index in [1.807, 2.05) is 54.0 Å². The molecule has 0 aliphatic carbocycles. The molecule has 0 atom stereocenters. The Labute approximate surface area is 201 Å². The second-order valence-corrected chi connectivity index (χ2v) is 8.47. The normalized spacial score (nSPS) is 11.6. The van der Waals surface area contributed by atoms with Crippen LogP contribution in [0.1, 0.15) is 11.1 Å². The van der Waals surface area contributed by atoms with E-state index in [9.17, 15) is 13.2 Å². The smallest absolute Gasteiger partial charge is 0.330 e. The summed E-state index contributed by atoms with van der Waals surface area (Å²) >= 11 is 12.7. The summed E-state index contributed by atoms with van der Waals surface area (Å²) in [5.74, 6) is 0. The van der Waals surface area contributed by atoms with E-state index >= 15 is 0 Å². The van der Waals surface area contributed by atoms with Gasteiger partial charge in [0.05, 0.1) is 33.1 Å². The molecule has 0 unspecified atom stereocenters. The standard InChI is InChI=1S/C22H15ClF3N5S2/c23-17-9-8-15(22(24,25)26)11-18(17)28-21(32)29-27-12-14-13-31(16-5-2-1-3-6-16)30-20(14)19-7-4-10-33-19/h1-13H,(H2,28,29,32)/b27-12-. The molecule has 0 bridgehead atoms. The van der Waals surface area contributed by atoms with Gasteiger partial charge < -0.3 is 5.32 Å². The number of rotatable bonds is 5. The van der Waals surface area contributed by atoms with Crippen LogP contribution in [0.4, 0.5) is 18.9 Å². The van der Waals surface area contributed by atoms with Crippen molar-refractivity contribution in [3.8, 4) is 16.3 Å². The highest BCUT2D eigenvalue weighted by atomic mass is 35.5. The molecule has 5 nitrogen and oxygen atoms in total. The summed E-state index contributed by atoms with van der Waals surface area (Å²) in [5.41, 5.74) is 4.14. The predicted molar refractivity (Wildman–Crippen MR) is 130 cm³/mol. The molecule has 0 saturated heterocycles. The number of nitrogens with zero attached hydrogens (tertiary/aromatic N) is 3. The lowest BCUT2D eigenvalue weighted by Gasteiger charge is -2.12. The van der Waals surface area contributed by atoms with Gasteiger partial charge in [0.2, 0.25) is 0 Å².